The van der Waals surface area contributed by atoms with Gasteiger partial charge in [-0.1, -0.05) is 30.3 Å². The van der Waals surface area contributed by atoms with Gasteiger partial charge in [0.2, 0.25) is 0 Å². The van der Waals surface area contributed by atoms with E-state index in [1.54, 1.807) is 11.3 Å². The Kier molecular flexibility index (Phi) is 5.28. The molecule has 0 spiro atoms. The summed E-state index contributed by atoms with van der Waals surface area (Å²) in [5.41, 5.74) is 4.51. The smallest absolute Gasteiger partial charge is 0.255 e. The number of rotatable bonds is 6. The van der Waals surface area contributed by atoms with Gasteiger partial charge in [0.15, 0.2) is 0 Å². The number of carbonyl (C=O) groups is 1. The highest BCUT2D eigenvalue weighted by atomic mass is 32.1. The van der Waals surface area contributed by atoms with Crippen LogP contribution in [0.4, 0.5) is 0 Å². The van der Waals surface area contributed by atoms with Crippen molar-refractivity contribution in [2.24, 2.45) is 0 Å². The third-order valence-electron chi connectivity index (χ3n) is 4.12. The summed E-state index contributed by atoms with van der Waals surface area (Å²) >= 11 is 1.63. The quantitative estimate of drug-likeness (QED) is 0.739. The number of hydrogen-bond acceptors (Lipinski definition) is 4. The van der Waals surface area contributed by atoms with Crippen LogP contribution < -0.4 is 5.32 Å². The minimum Gasteiger partial charge on any atom is -0.352 e. The number of amides is 1. The topological polar surface area (TPSA) is 59.8 Å². The average molecular weight is 354 g/mol. The summed E-state index contributed by atoms with van der Waals surface area (Å²) in [5, 5.41) is 10.6. The molecule has 0 bridgehead atoms. The summed E-state index contributed by atoms with van der Waals surface area (Å²) in [6, 6.07) is 10.1. The van der Waals surface area contributed by atoms with Crippen LogP contribution in [0.2, 0.25) is 0 Å². The number of nitrogens with zero attached hydrogens (tertiary/aromatic N) is 3. The standard InChI is InChI=1S/C19H22N4OS/c1-13-18(19(24)20-10-9-17-12-25-15(3)21-17)14(2)23(22-13)11-16-7-5-4-6-8-16/h4-8,12H,9-11H2,1-3H3,(H,20,24). The molecule has 3 rings (SSSR count). The second kappa shape index (κ2) is 7.61. The van der Waals surface area contributed by atoms with Crippen LogP contribution in [0.5, 0.6) is 0 Å². The molecule has 0 unspecified atom stereocenters. The summed E-state index contributed by atoms with van der Waals surface area (Å²) in [7, 11) is 0. The maximum Gasteiger partial charge on any atom is 0.255 e. The summed E-state index contributed by atoms with van der Waals surface area (Å²) in [4.78, 5) is 17.0. The van der Waals surface area contributed by atoms with E-state index in [9.17, 15) is 4.79 Å². The Hall–Kier alpha value is -2.47. The Labute approximate surface area is 151 Å². The van der Waals surface area contributed by atoms with Crippen molar-refractivity contribution in [2.45, 2.75) is 33.7 Å². The van der Waals surface area contributed by atoms with Crippen LogP contribution >= 0.6 is 11.3 Å². The Morgan fingerprint density at radius 2 is 1.96 bits per heavy atom. The van der Waals surface area contributed by atoms with Gasteiger partial charge in [0.05, 0.1) is 28.5 Å². The van der Waals surface area contributed by atoms with Crippen molar-refractivity contribution >= 4 is 17.2 Å². The van der Waals surface area contributed by atoms with E-state index in [0.29, 0.717) is 18.7 Å². The SMILES string of the molecule is Cc1nc(CCNC(=O)c2c(C)nn(Cc3ccccc3)c2C)cs1. The van der Waals surface area contributed by atoms with Crippen LogP contribution in [0.15, 0.2) is 35.7 Å². The van der Waals surface area contributed by atoms with E-state index in [1.807, 2.05) is 49.0 Å². The lowest BCUT2D eigenvalue weighted by molar-refractivity contribution is 0.0952. The Balaban J connectivity index is 1.66. The number of hydrogen-bond donors (Lipinski definition) is 1. The predicted molar refractivity (Wildman–Crippen MR) is 100 cm³/mol. The van der Waals surface area contributed by atoms with Gasteiger partial charge in [-0.05, 0) is 26.3 Å². The third kappa shape index (κ3) is 4.14. The zero-order valence-electron chi connectivity index (χ0n) is 14.7. The van der Waals surface area contributed by atoms with E-state index in [4.69, 9.17) is 0 Å². The third-order valence-corrected chi connectivity index (χ3v) is 4.94. The van der Waals surface area contributed by atoms with Gasteiger partial charge in [-0.2, -0.15) is 5.10 Å². The molecule has 0 saturated carbocycles. The zero-order valence-corrected chi connectivity index (χ0v) is 15.6. The van der Waals surface area contributed by atoms with E-state index < -0.39 is 0 Å². The normalized spacial score (nSPS) is 10.8. The van der Waals surface area contributed by atoms with Crippen molar-refractivity contribution < 1.29 is 4.79 Å². The number of benzene rings is 1. The molecule has 0 aliphatic rings. The largest absolute Gasteiger partial charge is 0.352 e. The highest BCUT2D eigenvalue weighted by molar-refractivity contribution is 7.09. The highest BCUT2D eigenvalue weighted by Crippen LogP contribution is 2.15. The fraction of sp³-hybridized carbons (Fsp3) is 0.316. The maximum atomic E-state index is 12.6. The first-order chi connectivity index (χ1) is 12.0. The van der Waals surface area contributed by atoms with Crippen LogP contribution in [0, 0.1) is 20.8 Å². The molecule has 6 heteroatoms. The second-order valence-electron chi connectivity index (χ2n) is 6.05. The van der Waals surface area contributed by atoms with E-state index in [2.05, 4.69) is 27.5 Å². The summed E-state index contributed by atoms with van der Waals surface area (Å²) in [5.74, 6) is -0.0683. The van der Waals surface area contributed by atoms with Gasteiger partial charge in [-0.15, -0.1) is 11.3 Å². The number of aryl methyl sites for hydroxylation is 2. The molecule has 25 heavy (non-hydrogen) atoms. The van der Waals surface area contributed by atoms with Gasteiger partial charge in [-0.3, -0.25) is 9.48 Å². The van der Waals surface area contributed by atoms with E-state index in [-0.39, 0.29) is 5.91 Å². The first kappa shape index (κ1) is 17.4. The molecular weight excluding hydrogens is 332 g/mol. The summed E-state index contributed by atoms with van der Waals surface area (Å²) < 4.78 is 1.89. The molecule has 2 heterocycles. The fourth-order valence-electron chi connectivity index (χ4n) is 2.85. The lowest BCUT2D eigenvalue weighted by Gasteiger charge is -2.06. The van der Waals surface area contributed by atoms with Gasteiger partial charge >= 0.3 is 0 Å². The van der Waals surface area contributed by atoms with Crippen molar-refractivity contribution in [2.75, 3.05) is 6.54 Å². The maximum absolute atomic E-state index is 12.6. The van der Waals surface area contributed by atoms with Crippen molar-refractivity contribution in [3.63, 3.8) is 0 Å². The molecule has 130 valence electrons. The zero-order chi connectivity index (χ0) is 17.8. The van der Waals surface area contributed by atoms with Crippen LogP contribution in [-0.4, -0.2) is 27.2 Å². The molecule has 0 aliphatic carbocycles. The van der Waals surface area contributed by atoms with Crippen molar-refractivity contribution in [3.05, 3.63) is 68.9 Å². The van der Waals surface area contributed by atoms with E-state index in [1.165, 1.54) is 5.56 Å². The number of carbonyl (C=O) groups excluding carboxylic acids is 1. The molecule has 0 radical (unpaired) electrons. The molecule has 1 N–H and O–H groups in total. The molecular formula is C19H22N4OS. The summed E-state index contributed by atoms with van der Waals surface area (Å²) in [6.07, 6.45) is 0.742. The first-order valence-corrected chi connectivity index (χ1v) is 9.19. The van der Waals surface area contributed by atoms with Crippen molar-refractivity contribution in [1.29, 1.82) is 0 Å². The highest BCUT2D eigenvalue weighted by Gasteiger charge is 2.18. The molecule has 1 aromatic carbocycles. The fourth-order valence-corrected chi connectivity index (χ4v) is 3.50. The first-order valence-electron chi connectivity index (χ1n) is 8.31. The molecule has 0 saturated heterocycles. The lowest BCUT2D eigenvalue weighted by atomic mass is 10.1. The van der Waals surface area contributed by atoms with Gasteiger partial charge in [-0.25, -0.2) is 4.98 Å². The molecule has 0 fully saturated rings. The minimum atomic E-state index is -0.0683. The minimum absolute atomic E-state index is 0.0683. The van der Waals surface area contributed by atoms with Crippen molar-refractivity contribution in [1.82, 2.24) is 20.1 Å². The molecule has 1 amide bonds. The van der Waals surface area contributed by atoms with Crippen LogP contribution in [0.1, 0.15) is 38.0 Å². The Morgan fingerprint density at radius 1 is 1.20 bits per heavy atom. The van der Waals surface area contributed by atoms with Crippen molar-refractivity contribution in [3.8, 4) is 0 Å². The van der Waals surface area contributed by atoms with Crippen LogP contribution in [-0.2, 0) is 13.0 Å². The van der Waals surface area contributed by atoms with Gasteiger partial charge in [0.1, 0.15) is 0 Å². The van der Waals surface area contributed by atoms with E-state index >= 15 is 0 Å². The second-order valence-corrected chi connectivity index (χ2v) is 7.12. The molecule has 0 atom stereocenters. The van der Waals surface area contributed by atoms with Gasteiger partial charge in [0, 0.05) is 24.0 Å². The average Bonchev–Trinajstić information content (AvgIpc) is 3.12. The Bertz CT molecular complexity index is 867. The van der Waals surface area contributed by atoms with Crippen LogP contribution in [0.25, 0.3) is 0 Å². The summed E-state index contributed by atoms with van der Waals surface area (Å²) in [6.45, 7) is 7.05. The molecule has 2 aromatic heterocycles. The monoisotopic (exact) mass is 354 g/mol. The number of nitrogens with one attached hydrogen (secondary N) is 1. The molecule has 0 aliphatic heterocycles. The van der Waals surface area contributed by atoms with Crippen LogP contribution in [0.3, 0.4) is 0 Å². The predicted octanol–water partition coefficient (Wildman–Crippen LogP) is 3.29. The van der Waals surface area contributed by atoms with Gasteiger partial charge < -0.3 is 5.32 Å². The molecule has 3 aromatic rings. The number of thiazole rings is 1. The molecule has 5 nitrogen and oxygen atoms in total. The van der Waals surface area contributed by atoms with Gasteiger partial charge in [0.25, 0.3) is 5.91 Å². The van der Waals surface area contributed by atoms with E-state index in [0.717, 1.165) is 28.5 Å². The lowest BCUT2D eigenvalue weighted by Crippen LogP contribution is -2.26. The number of aromatic nitrogens is 3. The Morgan fingerprint density at radius 3 is 2.64 bits per heavy atom.